The summed E-state index contributed by atoms with van der Waals surface area (Å²) in [5.74, 6) is 1.41. The summed E-state index contributed by atoms with van der Waals surface area (Å²) in [6.07, 6.45) is -4.99. The first-order valence-electron chi connectivity index (χ1n) is 11.5. The van der Waals surface area contributed by atoms with E-state index in [1.165, 1.54) is 13.0 Å². The summed E-state index contributed by atoms with van der Waals surface area (Å²) in [5, 5.41) is 7.63. The summed E-state index contributed by atoms with van der Waals surface area (Å²) < 4.78 is 46.0. The van der Waals surface area contributed by atoms with E-state index < -0.39 is 37.3 Å². The summed E-state index contributed by atoms with van der Waals surface area (Å²) >= 11 is 0. The molecule has 36 heavy (non-hydrogen) atoms. The molecule has 10 heteroatoms. The van der Waals surface area contributed by atoms with Gasteiger partial charge in [-0.25, -0.2) is 14.8 Å². The topological polar surface area (TPSA) is 76.1 Å². The first-order chi connectivity index (χ1) is 16.6. The van der Waals surface area contributed by atoms with Gasteiger partial charge in [-0.15, -0.1) is 0 Å². The molecule has 0 aliphatic heterocycles. The Morgan fingerprint density at radius 3 is 2.33 bits per heavy atom. The number of aromatic nitrogens is 2. The predicted molar refractivity (Wildman–Crippen MR) is 140 cm³/mol. The Balaban J connectivity index is 2.05. The Morgan fingerprint density at radius 1 is 1.08 bits per heavy atom. The lowest BCUT2D eigenvalue weighted by atomic mass is 9.97. The number of fused-ring (bicyclic) bond motifs is 1. The number of anilines is 1. The lowest BCUT2D eigenvalue weighted by molar-refractivity contribution is -0.138. The van der Waals surface area contributed by atoms with Gasteiger partial charge in [-0.3, -0.25) is 0 Å². The van der Waals surface area contributed by atoms with E-state index in [2.05, 4.69) is 20.6 Å². The third kappa shape index (κ3) is 6.44. The molecule has 1 amide bonds. The van der Waals surface area contributed by atoms with Crippen molar-refractivity contribution in [3.63, 3.8) is 0 Å². The number of rotatable bonds is 5. The van der Waals surface area contributed by atoms with Gasteiger partial charge in [0.05, 0.1) is 17.1 Å². The van der Waals surface area contributed by atoms with E-state index in [-0.39, 0.29) is 5.56 Å². The molecule has 6 nitrogen and oxygen atoms in total. The second kappa shape index (κ2) is 10.2. The number of benzene rings is 2. The number of halogens is 3. The predicted octanol–water partition coefficient (Wildman–Crippen LogP) is 6.69. The number of ether oxygens (including phenoxy) is 1. The average Bonchev–Trinajstić information content (AvgIpc) is 2.70. The fourth-order valence-electron chi connectivity index (χ4n) is 3.95. The normalized spacial score (nSPS) is 13.1. The number of hydrogen-bond donors (Lipinski definition) is 2. The van der Waals surface area contributed by atoms with Crippen LogP contribution in [-0.4, -0.2) is 34.9 Å². The maximum Gasteiger partial charge on any atom is 0.416 e. The molecule has 1 aromatic heterocycles. The highest BCUT2D eigenvalue weighted by molar-refractivity contribution is 7.64. The fourth-order valence-corrected chi connectivity index (χ4v) is 4.88. The molecule has 0 radical (unpaired) electrons. The Hall–Kier alpha value is -2.93. The molecule has 0 aliphatic carbocycles. The fraction of sp³-hybridized carbons (Fsp3) is 0.423. The number of aryl methyl sites for hydroxylation is 1. The van der Waals surface area contributed by atoms with Crippen LogP contribution in [0.3, 0.4) is 0 Å². The molecule has 0 bridgehead atoms. The minimum absolute atomic E-state index is 0.173. The number of nitrogens with zero attached hydrogens (tertiary/aromatic N) is 2. The van der Waals surface area contributed by atoms with E-state index in [9.17, 15) is 18.0 Å². The standard InChI is InChI=1S/C26H32F3N4O2P/c1-14-17(10-9-11-19(14)26(27,28)29)15(2)30-23-18-12-22(36(7)8)21(13-20(18)31-16(3)32-23)35-24(34)33-25(4,5)6/h9-13,15H,1-8H3,(H,33,34)(H,30,31,32)/t15-/m1/s1. The minimum Gasteiger partial charge on any atom is -0.410 e. The molecule has 194 valence electrons. The molecule has 1 heterocycles. The molecular weight excluding hydrogens is 488 g/mol. The monoisotopic (exact) mass is 520 g/mol. The van der Waals surface area contributed by atoms with Crippen molar-refractivity contribution in [1.29, 1.82) is 0 Å². The van der Waals surface area contributed by atoms with Crippen LogP contribution in [0.25, 0.3) is 10.9 Å². The van der Waals surface area contributed by atoms with Crippen molar-refractivity contribution in [3.8, 4) is 5.75 Å². The van der Waals surface area contributed by atoms with Gasteiger partial charge in [0, 0.05) is 22.3 Å². The van der Waals surface area contributed by atoms with Crippen molar-refractivity contribution in [2.45, 2.75) is 59.3 Å². The van der Waals surface area contributed by atoms with Crippen LogP contribution >= 0.6 is 7.92 Å². The van der Waals surface area contributed by atoms with E-state index in [0.29, 0.717) is 33.9 Å². The smallest absolute Gasteiger partial charge is 0.410 e. The second-order valence-corrected chi connectivity index (χ2v) is 12.3. The molecule has 0 aliphatic rings. The summed E-state index contributed by atoms with van der Waals surface area (Å²) in [4.78, 5) is 21.5. The van der Waals surface area contributed by atoms with Crippen LogP contribution in [0.4, 0.5) is 23.8 Å². The summed E-state index contributed by atoms with van der Waals surface area (Å²) in [5.41, 5.74) is 0.160. The molecule has 0 saturated carbocycles. The lowest BCUT2D eigenvalue weighted by Crippen LogP contribution is -2.42. The minimum atomic E-state index is -4.43. The van der Waals surface area contributed by atoms with Crippen molar-refractivity contribution < 1.29 is 22.7 Å². The maximum absolute atomic E-state index is 13.4. The van der Waals surface area contributed by atoms with Crippen LogP contribution in [0.15, 0.2) is 30.3 Å². The lowest BCUT2D eigenvalue weighted by Gasteiger charge is -2.23. The van der Waals surface area contributed by atoms with Crippen molar-refractivity contribution >= 4 is 36.0 Å². The molecule has 0 saturated heterocycles. The molecule has 1 atom stereocenters. The van der Waals surface area contributed by atoms with Gasteiger partial charge in [0.15, 0.2) is 0 Å². The number of carbonyl (C=O) groups is 1. The van der Waals surface area contributed by atoms with Crippen LogP contribution in [-0.2, 0) is 6.18 Å². The van der Waals surface area contributed by atoms with Crippen LogP contribution in [0.2, 0.25) is 0 Å². The van der Waals surface area contributed by atoms with Gasteiger partial charge in [-0.2, -0.15) is 13.2 Å². The quantitative estimate of drug-likeness (QED) is 0.367. The highest BCUT2D eigenvalue weighted by Gasteiger charge is 2.33. The van der Waals surface area contributed by atoms with Gasteiger partial charge in [0.1, 0.15) is 17.4 Å². The molecular formula is C26H32F3N4O2P. The third-order valence-electron chi connectivity index (χ3n) is 5.55. The first-order valence-corrected chi connectivity index (χ1v) is 13.7. The third-order valence-corrected chi connectivity index (χ3v) is 6.86. The second-order valence-electron chi connectivity index (χ2n) is 10.00. The molecule has 3 aromatic rings. The Bertz CT molecular complexity index is 1290. The molecule has 2 N–H and O–H groups in total. The molecule has 3 rings (SSSR count). The van der Waals surface area contributed by atoms with Crippen molar-refractivity contribution in [2.75, 3.05) is 18.6 Å². The summed E-state index contributed by atoms with van der Waals surface area (Å²) in [6.45, 7) is 14.7. The molecule has 0 spiro atoms. The van der Waals surface area contributed by atoms with E-state index in [4.69, 9.17) is 4.74 Å². The Morgan fingerprint density at radius 2 is 1.75 bits per heavy atom. The van der Waals surface area contributed by atoms with Gasteiger partial charge < -0.3 is 15.4 Å². The van der Waals surface area contributed by atoms with Crippen LogP contribution < -0.4 is 20.7 Å². The summed E-state index contributed by atoms with van der Waals surface area (Å²) in [7, 11) is -0.673. The molecule has 0 unspecified atom stereocenters. The number of carbonyl (C=O) groups excluding carboxylic acids is 1. The summed E-state index contributed by atoms with van der Waals surface area (Å²) in [6, 6.07) is 7.35. The van der Waals surface area contributed by atoms with E-state index in [1.54, 1.807) is 26.0 Å². The van der Waals surface area contributed by atoms with Crippen molar-refractivity contribution in [3.05, 3.63) is 52.8 Å². The van der Waals surface area contributed by atoms with E-state index >= 15 is 0 Å². The number of alkyl halides is 3. The van der Waals surface area contributed by atoms with E-state index in [1.807, 2.05) is 40.2 Å². The van der Waals surface area contributed by atoms with Gasteiger partial charge in [-0.05, 0) is 78.1 Å². The molecule has 2 aromatic carbocycles. The van der Waals surface area contributed by atoms with Crippen LogP contribution in [0.1, 0.15) is 56.3 Å². The zero-order chi connectivity index (χ0) is 27.0. The van der Waals surface area contributed by atoms with Gasteiger partial charge in [0.2, 0.25) is 0 Å². The molecule has 0 fully saturated rings. The van der Waals surface area contributed by atoms with Gasteiger partial charge in [0.25, 0.3) is 0 Å². The SMILES string of the molecule is Cc1nc(N[C@H](C)c2cccc(C(F)(F)F)c2C)c2cc(P(C)C)c(OC(=O)NC(C)(C)C)cc2n1. The van der Waals surface area contributed by atoms with Crippen molar-refractivity contribution in [2.24, 2.45) is 0 Å². The zero-order valence-electron chi connectivity index (χ0n) is 21.8. The number of nitrogens with one attached hydrogen (secondary N) is 2. The highest BCUT2D eigenvalue weighted by Crippen LogP contribution is 2.37. The largest absolute Gasteiger partial charge is 0.416 e. The maximum atomic E-state index is 13.4. The van der Waals surface area contributed by atoms with Crippen LogP contribution in [0, 0.1) is 13.8 Å². The Kier molecular flexibility index (Phi) is 7.84. The zero-order valence-corrected chi connectivity index (χ0v) is 22.7. The average molecular weight is 521 g/mol. The Labute approximate surface area is 210 Å². The highest BCUT2D eigenvalue weighted by atomic mass is 31.1. The number of amides is 1. The van der Waals surface area contributed by atoms with Crippen molar-refractivity contribution in [1.82, 2.24) is 15.3 Å². The van der Waals surface area contributed by atoms with E-state index in [0.717, 1.165) is 11.4 Å². The van der Waals surface area contributed by atoms with Crippen LogP contribution in [0.5, 0.6) is 5.75 Å². The van der Waals surface area contributed by atoms with Gasteiger partial charge >= 0.3 is 12.3 Å². The number of hydrogen-bond acceptors (Lipinski definition) is 5. The van der Waals surface area contributed by atoms with Gasteiger partial charge in [-0.1, -0.05) is 20.1 Å². The first kappa shape index (κ1) is 27.7.